The molecule has 0 aliphatic heterocycles. The average Bonchev–Trinajstić information content (AvgIpc) is 3.61. The van der Waals surface area contributed by atoms with Crippen molar-refractivity contribution in [3.8, 4) is 0 Å². The van der Waals surface area contributed by atoms with Gasteiger partial charge in [-0.05, 0) is 49.6 Å². The van der Waals surface area contributed by atoms with E-state index in [1.54, 1.807) is 6.92 Å². The molecule has 32 heavy (non-hydrogen) atoms. The van der Waals surface area contributed by atoms with Crippen molar-refractivity contribution in [3.05, 3.63) is 67.7 Å². The molecular weight excluding hydrogens is 419 g/mol. The molecule has 1 saturated carbocycles. The first-order valence-electron chi connectivity index (χ1n) is 10.00. The molecule has 0 radical (unpaired) electrons. The number of anilines is 1. The first-order valence-corrected chi connectivity index (χ1v) is 10.00. The van der Waals surface area contributed by atoms with Crippen LogP contribution in [0.5, 0.6) is 0 Å². The number of esters is 1. The molecule has 1 amide bonds. The lowest BCUT2D eigenvalue weighted by Gasteiger charge is -2.14. The monoisotopic (exact) mass is 440 g/mol. The van der Waals surface area contributed by atoms with Crippen LogP contribution in [-0.4, -0.2) is 33.1 Å². The summed E-state index contributed by atoms with van der Waals surface area (Å²) in [7, 11) is 2.62. The zero-order chi connectivity index (χ0) is 23.2. The Morgan fingerprint density at radius 3 is 2.59 bits per heavy atom. The summed E-state index contributed by atoms with van der Waals surface area (Å²) in [5.41, 5.74) is -0.0297. The molecule has 1 aliphatic rings. The van der Waals surface area contributed by atoms with Gasteiger partial charge < -0.3 is 10.1 Å². The van der Waals surface area contributed by atoms with Crippen LogP contribution in [0.1, 0.15) is 40.4 Å². The van der Waals surface area contributed by atoms with Gasteiger partial charge >= 0.3 is 11.7 Å². The van der Waals surface area contributed by atoms with Gasteiger partial charge in [0.15, 0.2) is 0 Å². The second-order valence-electron chi connectivity index (χ2n) is 7.80. The maximum absolute atomic E-state index is 13.3. The highest BCUT2D eigenvalue weighted by molar-refractivity contribution is 6.02. The number of benzene rings is 1. The van der Waals surface area contributed by atoms with E-state index >= 15 is 0 Å². The number of amides is 1. The highest BCUT2D eigenvalue weighted by atomic mass is 19.1. The van der Waals surface area contributed by atoms with E-state index in [0.717, 1.165) is 22.0 Å². The maximum atomic E-state index is 13.3. The summed E-state index contributed by atoms with van der Waals surface area (Å²) >= 11 is 0. The fourth-order valence-corrected chi connectivity index (χ4v) is 3.60. The molecule has 166 valence electrons. The van der Waals surface area contributed by atoms with Gasteiger partial charge in [0.05, 0.1) is 18.1 Å². The Morgan fingerprint density at radius 1 is 1.25 bits per heavy atom. The van der Waals surface area contributed by atoms with Crippen LogP contribution in [0.3, 0.4) is 0 Å². The number of ether oxygens (including phenoxy) is 1. The Balaban J connectivity index is 1.81. The Kier molecular flexibility index (Phi) is 5.37. The van der Waals surface area contributed by atoms with Gasteiger partial charge in [-0.15, -0.1) is 0 Å². The number of aromatic nitrogens is 3. The summed E-state index contributed by atoms with van der Waals surface area (Å²) in [5, 5.41) is 2.48. The molecule has 1 aliphatic carbocycles. The Labute approximate surface area is 181 Å². The van der Waals surface area contributed by atoms with Gasteiger partial charge in [0.2, 0.25) is 5.91 Å². The second-order valence-corrected chi connectivity index (χ2v) is 7.80. The van der Waals surface area contributed by atoms with Crippen molar-refractivity contribution in [1.82, 2.24) is 14.1 Å². The third kappa shape index (κ3) is 3.79. The number of nitrogens with one attached hydrogen (secondary N) is 1. The molecule has 0 unspecified atom stereocenters. The summed E-state index contributed by atoms with van der Waals surface area (Å²) in [4.78, 5) is 55.5. The van der Waals surface area contributed by atoms with Crippen LogP contribution in [0.2, 0.25) is 0 Å². The Hall–Kier alpha value is -3.82. The topological polar surface area (TPSA) is 112 Å². The molecule has 1 fully saturated rings. The number of pyridine rings is 1. The van der Waals surface area contributed by atoms with E-state index in [-0.39, 0.29) is 22.5 Å². The maximum Gasteiger partial charge on any atom is 0.338 e. The van der Waals surface area contributed by atoms with Gasteiger partial charge in [0.1, 0.15) is 18.0 Å². The summed E-state index contributed by atoms with van der Waals surface area (Å²) in [5.74, 6) is -1.66. The van der Waals surface area contributed by atoms with Crippen molar-refractivity contribution in [2.75, 3.05) is 12.4 Å². The van der Waals surface area contributed by atoms with Crippen LogP contribution in [0.15, 0.2) is 33.9 Å². The zero-order valence-corrected chi connectivity index (χ0v) is 17.8. The fourth-order valence-electron chi connectivity index (χ4n) is 3.60. The van der Waals surface area contributed by atoms with Gasteiger partial charge in [-0.2, -0.15) is 0 Å². The van der Waals surface area contributed by atoms with Crippen molar-refractivity contribution < 1.29 is 18.7 Å². The minimum Gasteiger partial charge on any atom is -0.465 e. The number of carbonyl (C=O) groups is 2. The van der Waals surface area contributed by atoms with Gasteiger partial charge in [-0.3, -0.25) is 18.7 Å². The molecule has 2 aromatic heterocycles. The molecule has 0 atom stereocenters. The SMILES string of the molecule is COC(=O)c1cc(C2CC2)nc2c1c(=O)n(CC(=O)Nc1ccc(F)cc1C)c(=O)n2C. The van der Waals surface area contributed by atoms with E-state index in [1.807, 2.05) is 0 Å². The molecule has 10 heteroatoms. The number of aryl methyl sites for hydroxylation is 2. The number of carbonyl (C=O) groups excluding carboxylic acids is 2. The van der Waals surface area contributed by atoms with Gasteiger partial charge in [0, 0.05) is 24.3 Å². The first-order chi connectivity index (χ1) is 15.2. The third-order valence-electron chi connectivity index (χ3n) is 5.48. The van der Waals surface area contributed by atoms with E-state index in [2.05, 4.69) is 10.3 Å². The van der Waals surface area contributed by atoms with E-state index < -0.39 is 35.5 Å². The lowest BCUT2D eigenvalue weighted by atomic mass is 10.1. The van der Waals surface area contributed by atoms with Crippen molar-refractivity contribution in [2.24, 2.45) is 7.05 Å². The van der Waals surface area contributed by atoms with E-state index in [4.69, 9.17) is 4.74 Å². The normalized spacial score (nSPS) is 13.2. The van der Waals surface area contributed by atoms with Gasteiger partial charge in [-0.1, -0.05) is 0 Å². The Bertz CT molecular complexity index is 1390. The molecule has 4 rings (SSSR count). The molecule has 9 nitrogen and oxygen atoms in total. The van der Waals surface area contributed by atoms with Gasteiger partial charge in [0.25, 0.3) is 5.56 Å². The predicted molar refractivity (Wildman–Crippen MR) is 114 cm³/mol. The van der Waals surface area contributed by atoms with Gasteiger partial charge in [-0.25, -0.2) is 19.0 Å². The standard InChI is InChI=1S/C22H21FN4O5/c1-11-8-13(23)6-7-15(11)24-17(28)10-27-20(29)18-14(21(30)32-3)9-16(12-4-5-12)25-19(18)26(2)22(27)31/h6-9,12H,4-5,10H2,1-3H3,(H,24,28). The minimum atomic E-state index is -0.815. The largest absolute Gasteiger partial charge is 0.465 e. The van der Waals surface area contributed by atoms with E-state index in [0.29, 0.717) is 16.9 Å². The van der Waals surface area contributed by atoms with Crippen molar-refractivity contribution in [3.63, 3.8) is 0 Å². The lowest BCUT2D eigenvalue weighted by Crippen LogP contribution is -2.42. The molecule has 1 aromatic carbocycles. The van der Waals surface area contributed by atoms with Crippen LogP contribution >= 0.6 is 0 Å². The molecule has 0 spiro atoms. The first kappa shape index (κ1) is 21.4. The number of halogens is 1. The second kappa shape index (κ2) is 8.03. The predicted octanol–water partition coefficient (Wildman–Crippen LogP) is 1.85. The summed E-state index contributed by atoms with van der Waals surface area (Å²) in [6.45, 7) is 1.02. The highest BCUT2D eigenvalue weighted by Gasteiger charge is 2.29. The Morgan fingerprint density at radius 2 is 1.97 bits per heavy atom. The van der Waals surface area contributed by atoms with Crippen LogP contribution in [0.4, 0.5) is 10.1 Å². The number of rotatable bonds is 5. The van der Waals surface area contributed by atoms with Crippen molar-refractivity contribution >= 4 is 28.6 Å². The highest BCUT2D eigenvalue weighted by Crippen LogP contribution is 2.39. The van der Waals surface area contributed by atoms with Crippen LogP contribution in [0.25, 0.3) is 11.0 Å². The number of hydrogen-bond acceptors (Lipinski definition) is 6. The molecule has 0 saturated heterocycles. The van der Waals surface area contributed by atoms with Crippen molar-refractivity contribution in [2.45, 2.75) is 32.2 Å². The molecule has 0 bridgehead atoms. The number of methoxy groups -OCH3 is 1. The van der Waals surface area contributed by atoms with Crippen LogP contribution in [0, 0.1) is 12.7 Å². The summed E-state index contributed by atoms with van der Waals surface area (Å²) in [6.07, 6.45) is 1.82. The third-order valence-corrected chi connectivity index (χ3v) is 5.48. The molecule has 2 heterocycles. The summed E-state index contributed by atoms with van der Waals surface area (Å²) in [6, 6.07) is 5.35. The number of hydrogen-bond donors (Lipinski definition) is 1. The fraction of sp³-hybridized carbons (Fsp3) is 0.318. The molecule has 3 aromatic rings. The van der Waals surface area contributed by atoms with Crippen LogP contribution in [-0.2, 0) is 23.1 Å². The summed E-state index contributed by atoms with van der Waals surface area (Å²) < 4.78 is 20.0. The lowest BCUT2D eigenvalue weighted by molar-refractivity contribution is -0.116. The molecular formula is C22H21FN4O5. The number of nitrogens with zero attached hydrogens (tertiary/aromatic N) is 3. The van der Waals surface area contributed by atoms with Crippen LogP contribution < -0.4 is 16.6 Å². The quantitative estimate of drug-likeness (QED) is 0.606. The van der Waals surface area contributed by atoms with E-state index in [9.17, 15) is 23.6 Å². The van der Waals surface area contributed by atoms with E-state index in [1.165, 1.54) is 38.4 Å². The minimum absolute atomic E-state index is 0.00328. The number of fused-ring (bicyclic) bond motifs is 1. The molecule has 1 N–H and O–H groups in total. The average molecular weight is 440 g/mol. The zero-order valence-electron chi connectivity index (χ0n) is 17.8. The smallest absolute Gasteiger partial charge is 0.338 e. The van der Waals surface area contributed by atoms with Crippen molar-refractivity contribution in [1.29, 1.82) is 0 Å².